The summed E-state index contributed by atoms with van der Waals surface area (Å²) in [5, 5.41) is 12.1. The van der Waals surface area contributed by atoms with Gasteiger partial charge in [0.15, 0.2) is 0 Å². The van der Waals surface area contributed by atoms with E-state index in [1.807, 2.05) is 12.3 Å². The molecule has 1 aromatic heterocycles. The van der Waals surface area contributed by atoms with E-state index < -0.39 is 5.41 Å². The van der Waals surface area contributed by atoms with E-state index in [4.69, 9.17) is 0 Å². The number of nitriles is 1. The molecule has 8 rings (SSSR count). The monoisotopic (exact) mass is 546 g/mol. The first-order valence-corrected chi connectivity index (χ1v) is 14.5. The van der Waals surface area contributed by atoms with Crippen LogP contribution in [0.25, 0.3) is 44.2 Å². The Morgan fingerprint density at radius 1 is 0.488 bits per heavy atom. The molecule has 0 fully saturated rings. The van der Waals surface area contributed by atoms with E-state index in [0.29, 0.717) is 5.56 Å². The number of rotatable bonds is 4. The third kappa shape index (κ3) is 3.76. The highest BCUT2D eigenvalue weighted by Crippen LogP contribution is 2.59. The van der Waals surface area contributed by atoms with Gasteiger partial charge in [-0.15, -0.1) is 0 Å². The molecule has 6 aromatic carbocycles. The summed E-state index contributed by atoms with van der Waals surface area (Å²) in [5.41, 5.74) is 11.8. The third-order valence-corrected chi connectivity index (χ3v) is 8.84. The number of fused-ring (bicyclic) bond motifs is 5. The van der Waals surface area contributed by atoms with Crippen LogP contribution in [0, 0.1) is 11.3 Å². The fraction of sp³-hybridized carbons (Fsp3) is 0.0244. The number of benzene rings is 6. The Bertz CT molecular complexity index is 2140. The quantitative estimate of drug-likeness (QED) is 0.220. The van der Waals surface area contributed by atoms with Crippen molar-refractivity contribution in [3.05, 3.63) is 186 Å². The highest BCUT2D eigenvalue weighted by atomic mass is 14.6. The summed E-state index contributed by atoms with van der Waals surface area (Å²) in [5.74, 6) is 0. The average Bonchev–Trinajstić information content (AvgIpc) is 3.39. The lowest BCUT2D eigenvalue weighted by atomic mass is 9.67. The lowest BCUT2D eigenvalue weighted by molar-refractivity contribution is 0.769. The zero-order valence-electron chi connectivity index (χ0n) is 23.4. The van der Waals surface area contributed by atoms with Gasteiger partial charge < -0.3 is 0 Å². The Hall–Kier alpha value is -5.78. The molecule has 43 heavy (non-hydrogen) atoms. The Morgan fingerprint density at radius 3 is 1.79 bits per heavy atom. The van der Waals surface area contributed by atoms with Gasteiger partial charge in [0.1, 0.15) is 6.07 Å². The molecule has 0 amide bonds. The second kappa shape index (κ2) is 9.94. The van der Waals surface area contributed by atoms with Crippen molar-refractivity contribution in [1.82, 2.24) is 4.98 Å². The van der Waals surface area contributed by atoms with Crippen LogP contribution in [0.3, 0.4) is 0 Å². The summed E-state index contributed by atoms with van der Waals surface area (Å²) >= 11 is 0. The SMILES string of the molecule is N#Cc1cncc(-c2ccc3c(c2)C(c2ccccc2)(c2ccccc2)c2cc(-c4ccccc4)c4ccccc4c2-3)c1. The van der Waals surface area contributed by atoms with Crippen LogP contribution in [0.1, 0.15) is 27.8 Å². The Morgan fingerprint density at radius 2 is 1.12 bits per heavy atom. The molecule has 200 valence electrons. The van der Waals surface area contributed by atoms with Gasteiger partial charge in [-0.25, -0.2) is 0 Å². The molecule has 2 nitrogen and oxygen atoms in total. The fourth-order valence-corrected chi connectivity index (χ4v) is 7.04. The summed E-state index contributed by atoms with van der Waals surface area (Å²) in [6.45, 7) is 0. The van der Waals surface area contributed by atoms with E-state index in [-0.39, 0.29) is 0 Å². The maximum absolute atomic E-state index is 9.59. The molecule has 1 aliphatic rings. The maximum atomic E-state index is 9.59. The number of hydrogen-bond acceptors (Lipinski definition) is 2. The third-order valence-electron chi connectivity index (χ3n) is 8.84. The van der Waals surface area contributed by atoms with Crippen LogP contribution in [0.15, 0.2) is 158 Å². The van der Waals surface area contributed by atoms with Gasteiger partial charge in [-0.3, -0.25) is 4.98 Å². The van der Waals surface area contributed by atoms with Crippen LogP contribution in [0.2, 0.25) is 0 Å². The minimum atomic E-state index is -0.559. The Labute approximate surface area is 251 Å². The van der Waals surface area contributed by atoms with Crippen LogP contribution in [0.4, 0.5) is 0 Å². The topological polar surface area (TPSA) is 36.7 Å². The molecule has 0 radical (unpaired) electrons. The normalized spacial score (nSPS) is 12.8. The molecular formula is C41H26N2. The number of hydrogen-bond donors (Lipinski definition) is 0. The summed E-state index contributed by atoms with van der Waals surface area (Å²) in [4.78, 5) is 4.38. The van der Waals surface area contributed by atoms with Crippen molar-refractivity contribution in [3.8, 4) is 39.4 Å². The minimum Gasteiger partial charge on any atom is -0.263 e. The van der Waals surface area contributed by atoms with Crippen molar-refractivity contribution < 1.29 is 0 Å². The van der Waals surface area contributed by atoms with Crippen molar-refractivity contribution in [2.24, 2.45) is 0 Å². The van der Waals surface area contributed by atoms with Gasteiger partial charge in [-0.2, -0.15) is 5.26 Å². The summed E-state index contributed by atoms with van der Waals surface area (Å²) < 4.78 is 0. The summed E-state index contributed by atoms with van der Waals surface area (Å²) in [7, 11) is 0. The van der Waals surface area contributed by atoms with Crippen molar-refractivity contribution in [2.45, 2.75) is 5.41 Å². The standard InChI is InChI=1S/C41H26N2/c42-25-28-22-31(27-43-26-28)30-20-21-36-38(23-30)41(32-14-6-2-7-15-32,33-16-8-3-9-17-33)39-24-37(29-12-4-1-5-13-29)34-18-10-11-19-35(34)40(36)39/h1-24,26-27H. The molecule has 0 saturated carbocycles. The summed E-state index contributed by atoms with van der Waals surface area (Å²) in [6.07, 6.45) is 3.46. The molecule has 7 aromatic rings. The highest BCUT2D eigenvalue weighted by molar-refractivity contribution is 6.10. The molecule has 0 N–H and O–H groups in total. The molecule has 0 saturated heterocycles. The van der Waals surface area contributed by atoms with E-state index in [2.05, 4.69) is 151 Å². The van der Waals surface area contributed by atoms with Crippen molar-refractivity contribution in [1.29, 1.82) is 5.26 Å². The average molecular weight is 547 g/mol. The second-order valence-electron chi connectivity index (χ2n) is 11.1. The van der Waals surface area contributed by atoms with Gasteiger partial charge in [-0.1, -0.05) is 127 Å². The second-order valence-corrected chi connectivity index (χ2v) is 11.1. The predicted octanol–water partition coefficient (Wildman–Crippen LogP) is 9.80. The molecule has 1 aliphatic carbocycles. The first kappa shape index (κ1) is 25.0. The van der Waals surface area contributed by atoms with E-state index in [0.717, 1.165) is 11.1 Å². The minimum absolute atomic E-state index is 0.553. The maximum Gasteiger partial charge on any atom is 0.101 e. The molecular weight excluding hydrogens is 520 g/mol. The van der Waals surface area contributed by atoms with Gasteiger partial charge in [0.2, 0.25) is 0 Å². The van der Waals surface area contributed by atoms with Crippen LogP contribution in [-0.4, -0.2) is 4.98 Å². The van der Waals surface area contributed by atoms with Crippen LogP contribution >= 0.6 is 0 Å². The number of nitrogens with zero attached hydrogens (tertiary/aromatic N) is 2. The van der Waals surface area contributed by atoms with Crippen LogP contribution in [0.5, 0.6) is 0 Å². The first-order valence-electron chi connectivity index (χ1n) is 14.5. The van der Waals surface area contributed by atoms with Crippen LogP contribution < -0.4 is 0 Å². The molecule has 2 heteroatoms. The molecule has 1 heterocycles. The molecule has 0 atom stereocenters. The first-order chi connectivity index (χ1) is 21.3. The Balaban J connectivity index is 1.55. The molecule has 0 unspecified atom stereocenters. The van der Waals surface area contributed by atoms with Crippen molar-refractivity contribution >= 4 is 10.8 Å². The fourth-order valence-electron chi connectivity index (χ4n) is 7.04. The van der Waals surface area contributed by atoms with Crippen LogP contribution in [-0.2, 0) is 5.41 Å². The Kier molecular flexibility index (Phi) is 5.77. The lowest BCUT2D eigenvalue weighted by Crippen LogP contribution is -2.28. The van der Waals surface area contributed by atoms with Crippen molar-refractivity contribution in [3.63, 3.8) is 0 Å². The lowest BCUT2D eigenvalue weighted by Gasteiger charge is -2.34. The van der Waals surface area contributed by atoms with E-state index in [1.165, 1.54) is 55.3 Å². The zero-order chi connectivity index (χ0) is 28.8. The van der Waals surface area contributed by atoms with Crippen molar-refractivity contribution in [2.75, 3.05) is 0 Å². The highest BCUT2D eigenvalue weighted by Gasteiger charge is 2.47. The summed E-state index contributed by atoms with van der Waals surface area (Å²) in [6, 6.07) is 54.7. The molecule has 0 bridgehead atoms. The van der Waals surface area contributed by atoms with Gasteiger partial charge >= 0.3 is 0 Å². The van der Waals surface area contributed by atoms with Gasteiger partial charge in [0.05, 0.1) is 11.0 Å². The van der Waals surface area contributed by atoms with E-state index in [9.17, 15) is 5.26 Å². The predicted molar refractivity (Wildman–Crippen MR) is 175 cm³/mol. The smallest absolute Gasteiger partial charge is 0.101 e. The van der Waals surface area contributed by atoms with Gasteiger partial charge in [0, 0.05) is 18.0 Å². The van der Waals surface area contributed by atoms with E-state index in [1.54, 1.807) is 6.20 Å². The zero-order valence-corrected chi connectivity index (χ0v) is 23.4. The molecule has 0 aliphatic heterocycles. The number of aromatic nitrogens is 1. The number of pyridine rings is 1. The van der Waals surface area contributed by atoms with E-state index >= 15 is 0 Å². The van der Waals surface area contributed by atoms with Gasteiger partial charge in [-0.05, 0) is 79.0 Å². The van der Waals surface area contributed by atoms with Gasteiger partial charge in [0.25, 0.3) is 0 Å². The molecule has 0 spiro atoms. The largest absolute Gasteiger partial charge is 0.263 e.